The summed E-state index contributed by atoms with van der Waals surface area (Å²) in [6.45, 7) is 7.35. The molecule has 5 nitrogen and oxygen atoms in total. The average molecular weight is 261 g/mol. The Hall–Kier alpha value is -1.36. The van der Waals surface area contributed by atoms with E-state index in [0.29, 0.717) is 12.0 Å². The zero-order chi connectivity index (χ0) is 13.2. The third-order valence-electron chi connectivity index (χ3n) is 3.93. The van der Waals surface area contributed by atoms with E-state index in [9.17, 15) is 0 Å². The Balaban J connectivity index is 1.63. The van der Waals surface area contributed by atoms with Crippen molar-refractivity contribution in [1.29, 1.82) is 0 Å². The molecule has 1 atom stereocenters. The SMILES string of the molecule is CCNc1ncc(C)c(NC2CCN(C3CC3)C2)n1. The van der Waals surface area contributed by atoms with E-state index < -0.39 is 0 Å². The zero-order valence-electron chi connectivity index (χ0n) is 11.8. The van der Waals surface area contributed by atoms with Crippen LogP contribution in [0.3, 0.4) is 0 Å². The molecule has 1 unspecified atom stereocenters. The summed E-state index contributed by atoms with van der Waals surface area (Å²) >= 11 is 0. The minimum Gasteiger partial charge on any atom is -0.366 e. The van der Waals surface area contributed by atoms with Crippen molar-refractivity contribution in [3.63, 3.8) is 0 Å². The van der Waals surface area contributed by atoms with E-state index in [4.69, 9.17) is 0 Å². The normalized spacial score (nSPS) is 23.6. The van der Waals surface area contributed by atoms with Crippen LogP contribution in [0.5, 0.6) is 0 Å². The van der Waals surface area contributed by atoms with Crippen LogP contribution in [0.1, 0.15) is 31.7 Å². The van der Waals surface area contributed by atoms with Gasteiger partial charge in [0.2, 0.25) is 5.95 Å². The highest BCUT2D eigenvalue weighted by atomic mass is 15.2. The van der Waals surface area contributed by atoms with Crippen LogP contribution < -0.4 is 10.6 Å². The van der Waals surface area contributed by atoms with Crippen molar-refractivity contribution < 1.29 is 0 Å². The number of hydrogen-bond donors (Lipinski definition) is 2. The maximum atomic E-state index is 4.56. The van der Waals surface area contributed by atoms with Crippen molar-refractivity contribution in [2.24, 2.45) is 0 Å². The molecule has 2 fully saturated rings. The second-order valence-corrected chi connectivity index (χ2v) is 5.61. The summed E-state index contributed by atoms with van der Waals surface area (Å²) < 4.78 is 0. The van der Waals surface area contributed by atoms with Gasteiger partial charge in [-0.3, -0.25) is 4.90 Å². The maximum Gasteiger partial charge on any atom is 0.224 e. The number of rotatable bonds is 5. The summed E-state index contributed by atoms with van der Waals surface area (Å²) in [4.78, 5) is 11.5. The fourth-order valence-corrected chi connectivity index (χ4v) is 2.70. The number of aromatic nitrogens is 2. The molecule has 1 aromatic rings. The lowest BCUT2D eigenvalue weighted by molar-refractivity contribution is 0.326. The maximum absolute atomic E-state index is 4.56. The molecule has 19 heavy (non-hydrogen) atoms. The Morgan fingerprint density at radius 1 is 1.37 bits per heavy atom. The first kappa shape index (κ1) is 12.7. The first-order chi connectivity index (χ1) is 9.26. The first-order valence-electron chi connectivity index (χ1n) is 7.34. The average Bonchev–Trinajstić information content (AvgIpc) is 3.15. The van der Waals surface area contributed by atoms with Gasteiger partial charge in [-0.05, 0) is 33.1 Å². The molecule has 1 saturated carbocycles. The number of likely N-dealkylation sites (tertiary alicyclic amines) is 1. The third kappa shape index (κ3) is 2.97. The Morgan fingerprint density at radius 3 is 2.95 bits per heavy atom. The van der Waals surface area contributed by atoms with Crippen LogP contribution in [0.25, 0.3) is 0 Å². The van der Waals surface area contributed by atoms with Gasteiger partial charge < -0.3 is 10.6 Å². The van der Waals surface area contributed by atoms with Crippen LogP contribution in [0.4, 0.5) is 11.8 Å². The fraction of sp³-hybridized carbons (Fsp3) is 0.714. The summed E-state index contributed by atoms with van der Waals surface area (Å²) in [5.74, 6) is 1.70. The van der Waals surface area contributed by atoms with Crippen LogP contribution in [0.2, 0.25) is 0 Å². The second kappa shape index (κ2) is 5.33. The summed E-state index contributed by atoms with van der Waals surface area (Å²) in [5.41, 5.74) is 1.12. The Bertz CT molecular complexity index is 443. The van der Waals surface area contributed by atoms with Crippen molar-refractivity contribution in [1.82, 2.24) is 14.9 Å². The van der Waals surface area contributed by atoms with E-state index >= 15 is 0 Å². The highest BCUT2D eigenvalue weighted by Gasteiger charge is 2.34. The van der Waals surface area contributed by atoms with Gasteiger partial charge in [0.25, 0.3) is 0 Å². The number of nitrogens with one attached hydrogen (secondary N) is 2. The van der Waals surface area contributed by atoms with Gasteiger partial charge in [0, 0.05) is 43.5 Å². The van der Waals surface area contributed by atoms with Crippen molar-refractivity contribution in [3.05, 3.63) is 11.8 Å². The molecule has 5 heteroatoms. The molecule has 0 radical (unpaired) electrons. The van der Waals surface area contributed by atoms with Crippen LogP contribution >= 0.6 is 0 Å². The molecule has 0 amide bonds. The van der Waals surface area contributed by atoms with E-state index in [0.717, 1.165) is 30.5 Å². The van der Waals surface area contributed by atoms with Gasteiger partial charge in [-0.25, -0.2) is 4.98 Å². The lowest BCUT2D eigenvalue weighted by atomic mass is 10.2. The van der Waals surface area contributed by atoms with E-state index in [2.05, 4.69) is 39.3 Å². The van der Waals surface area contributed by atoms with E-state index in [-0.39, 0.29) is 0 Å². The molecule has 104 valence electrons. The molecule has 0 aromatic carbocycles. The zero-order valence-corrected chi connectivity index (χ0v) is 11.8. The summed E-state index contributed by atoms with van der Waals surface area (Å²) in [6, 6.07) is 1.40. The van der Waals surface area contributed by atoms with Crippen LogP contribution in [0, 0.1) is 6.92 Å². The fourth-order valence-electron chi connectivity index (χ4n) is 2.70. The van der Waals surface area contributed by atoms with E-state index in [1.165, 1.54) is 25.8 Å². The molecule has 2 N–H and O–H groups in total. The first-order valence-corrected chi connectivity index (χ1v) is 7.34. The largest absolute Gasteiger partial charge is 0.366 e. The van der Waals surface area contributed by atoms with Gasteiger partial charge in [0.1, 0.15) is 5.82 Å². The molecule has 0 spiro atoms. The lowest BCUT2D eigenvalue weighted by Crippen LogP contribution is -2.28. The molecule has 1 aliphatic carbocycles. The minimum absolute atomic E-state index is 0.531. The molecule has 2 heterocycles. The summed E-state index contributed by atoms with van der Waals surface area (Å²) in [6.07, 6.45) is 5.89. The predicted molar refractivity (Wildman–Crippen MR) is 77.6 cm³/mol. The molecule has 0 bridgehead atoms. The third-order valence-corrected chi connectivity index (χ3v) is 3.93. The number of nitrogens with zero attached hydrogens (tertiary/aromatic N) is 3. The van der Waals surface area contributed by atoms with Crippen molar-refractivity contribution >= 4 is 11.8 Å². The van der Waals surface area contributed by atoms with Crippen LogP contribution in [0.15, 0.2) is 6.20 Å². The topological polar surface area (TPSA) is 53.1 Å². The predicted octanol–water partition coefficient (Wildman–Crippen LogP) is 1.87. The standard InChI is InChI=1S/C14H23N5/c1-3-15-14-16-8-10(2)13(18-14)17-11-6-7-19(9-11)12-4-5-12/h8,11-12H,3-7,9H2,1-2H3,(H2,15,16,17,18). The van der Waals surface area contributed by atoms with Crippen molar-refractivity contribution in [2.45, 2.75) is 45.2 Å². The molecule has 1 aliphatic heterocycles. The summed E-state index contributed by atoms with van der Waals surface area (Å²) in [7, 11) is 0. The molecule has 1 aromatic heterocycles. The summed E-state index contributed by atoms with van der Waals surface area (Å²) in [5, 5.41) is 6.75. The smallest absolute Gasteiger partial charge is 0.224 e. The molecule has 3 rings (SSSR count). The number of aryl methyl sites for hydroxylation is 1. The quantitative estimate of drug-likeness (QED) is 0.847. The molecular formula is C14H23N5. The monoisotopic (exact) mass is 261 g/mol. The van der Waals surface area contributed by atoms with Gasteiger partial charge in [0.05, 0.1) is 0 Å². The van der Waals surface area contributed by atoms with Gasteiger partial charge >= 0.3 is 0 Å². The van der Waals surface area contributed by atoms with Crippen LogP contribution in [-0.2, 0) is 0 Å². The van der Waals surface area contributed by atoms with Crippen molar-refractivity contribution in [3.8, 4) is 0 Å². The van der Waals surface area contributed by atoms with Crippen LogP contribution in [-0.4, -0.2) is 46.6 Å². The molecular weight excluding hydrogens is 238 g/mol. The van der Waals surface area contributed by atoms with Crippen molar-refractivity contribution in [2.75, 3.05) is 30.3 Å². The number of anilines is 2. The lowest BCUT2D eigenvalue weighted by Gasteiger charge is -2.17. The number of hydrogen-bond acceptors (Lipinski definition) is 5. The Labute approximate surface area is 114 Å². The van der Waals surface area contributed by atoms with Gasteiger partial charge in [-0.15, -0.1) is 0 Å². The molecule has 1 saturated heterocycles. The van der Waals surface area contributed by atoms with E-state index in [1.54, 1.807) is 0 Å². The Morgan fingerprint density at radius 2 is 2.21 bits per heavy atom. The minimum atomic E-state index is 0.531. The highest BCUT2D eigenvalue weighted by Crippen LogP contribution is 2.30. The second-order valence-electron chi connectivity index (χ2n) is 5.61. The van der Waals surface area contributed by atoms with E-state index in [1.807, 2.05) is 6.20 Å². The molecule has 2 aliphatic rings. The van der Waals surface area contributed by atoms with Gasteiger partial charge in [-0.1, -0.05) is 0 Å². The van der Waals surface area contributed by atoms with Gasteiger partial charge in [-0.2, -0.15) is 4.98 Å². The highest BCUT2D eigenvalue weighted by molar-refractivity contribution is 5.47. The Kier molecular flexibility index (Phi) is 3.55. The van der Waals surface area contributed by atoms with Gasteiger partial charge in [0.15, 0.2) is 0 Å².